The Balaban J connectivity index is 1.44. The SMILES string of the molecule is C/C(=C\c1csc(C)n1)[C@@H]1C[C@@H]2O[C@]2(C)CCC[C@H](C)[C@H](OC(=O)NCCSSc2ccccn2)[C@@H](C)C(=O)C(C)(C)[C@@H](O)CC(=O)N1. The predicted octanol–water partition coefficient (Wildman–Crippen LogP) is 6.62. The van der Waals surface area contributed by atoms with Gasteiger partial charge in [0.2, 0.25) is 5.91 Å². The number of pyridine rings is 1. The van der Waals surface area contributed by atoms with Crippen LogP contribution in [0.3, 0.4) is 0 Å². The number of ether oxygens (including phenoxy) is 2. The highest BCUT2D eigenvalue weighted by molar-refractivity contribution is 8.76. The number of carbonyl (C=O) groups is 3. The van der Waals surface area contributed by atoms with Crippen LogP contribution in [-0.4, -0.2) is 75.1 Å². The van der Waals surface area contributed by atoms with Gasteiger partial charge in [0.25, 0.3) is 0 Å². The molecule has 2 aromatic rings. The van der Waals surface area contributed by atoms with Gasteiger partial charge in [0.05, 0.1) is 52.3 Å². The lowest BCUT2D eigenvalue weighted by molar-refractivity contribution is -0.143. The molecule has 13 heteroatoms. The molecule has 2 aliphatic heterocycles. The molecule has 3 N–H and O–H groups in total. The molecule has 2 saturated heterocycles. The lowest BCUT2D eigenvalue weighted by Crippen LogP contribution is -2.48. The van der Waals surface area contributed by atoms with Crippen molar-refractivity contribution in [1.29, 1.82) is 0 Å². The lowest BCUT2D eigenvalue weighted by Gasteiger charge is -2.36. The van der Waals surface area contributed by atoms with Gasteiger partial charge in [-0.3, -0.25) is 9.59 Å². The summed E-state index contributed by atoms with van der Waals surface area (Å²) in [5.41, 5.74) is 0.193. The van der Waals surface area contributed by atoms with Crippen molar-refractivity contribution in [2.24, 2.45) is 17.3 Å². The highest BCUT2D eigenvalue weighted by Gasteiger charge is 2.52. The summed E-state index contributed by atoms with van der Waals surface area (Å²) >= 11 is 1.57. The molecule has 2 fully saturated rings. The molecule has 0 aromatic carbocycles. The van der Waals surface area contributed by atoms with Gasteiger partial charge < -0.3 is 25.2 Å². The van der Waals surface area contributed by atoms with E-state index < -0.39 is 29.6 Å². The first kappa shape index (κ1) is 38.4. The molecule has 2 aromatic heterocycles. The minimum atomic E-state index is -1.26. The number of carbonyl (C=O) groups excluding carboxylic acids is 3. The smallest absolute Gasteiger partial charge is 0.407 e. The second-order valence-corrected chi connectivity index (χ2v) is 17.3. The Labute approximate surface area is 296 Å². The van der Waals surface area contributed by atoms with Gasteiger partial charge in [-0.05, 0) is 74.1 Å². The number of nitrogens with one attached hydrogen (secondary N) is 2. The number of aryl methyl sites for hydroxylation is 1. The van der Waals surface area contributed by atoms with Crippen molar-refractivity contribution < 1.29 is 29.0 Å². The number of hydrogen-bond acceptors (Lipinski definition) is 11. The minimum Gasteiger partial charge on any atom is -0.445 e. The normalized spacial score (nSPS) is 30.2. The number of epoxide rings is 1. The highest BCUT2D eigenvalue weighted by atomic mass is 33.1. The average molecular weight is 719 g/mol. The molecule has 2 amide bonds. The monoisotopic (exact) mass is 718 g/mol. The Hall–Kier alpha value is -2.45. The predicted molar refractivity (Wildman–Crippen MR) is 193 cm³/mol. The third kappa shape index (κ3) is 10.5. The van der Waals surface area contributed by atoms with Crippen LogP contribution in [0.4, 0.5) is 4.79 Å². The minimum absolute atomic E-state index is 0.0417. The van der Waals surface area contributed by atoms with E-state index in [0.717, 1.165) is 40.6 Å². The van der Waals surface area contributed by atoms with Crippen LogP contribution < -0.4 is 10.6 Å². The molecule has 0 bridgehead atoms. The number of amides is 2. The van der Waals surface area contributed by atoms with E-state index in [1.807, 2.05) is 50.4 Å². The maximum Gasteiger partial charge on any atom is 0.407 e. The van der Waals surface area contributed by atoms with Crippen LogP contribution in [0.1, 0.15) is 84.3 Å². The number of alkyl carbamates (subject to hydrolysis) is 1. The Bertz CT molecular complexity index is 1440. The summed E-state index contributed by atoms with van der Waals surface area (Å²) in [6.45, 7) is 13.5. The Morgan fingerprint density at radius 2 is 2.04 bits per heavy atom. The molecular formula is C35H50N4O6S3. The van der Waals surface area contributed by atoms with Crippen LogP contribution in [-0.2, 0) is 19.1 Å². The van der Waals surface area contributed by atoms with E-state index in [1.54, 1.807) is 49.1 Å². The van der Waals surface area contributed by atoms with Gasteiger partial charge in [-0.15, -0.1) is 11.3 Å². The quantitative estimate of drug-likeness (QED) is 0.155. The van der Waals surface area contributed by atoms with Crippen LogP contribution in [0.25, 0.3) is 6.08 Å². The number of aromatic nitrogens is 2. The summed E-state index contributed by atoms with van der Waals surface area (Å²) < 4.78 is 12.2. The molecule has 0 spiro atoms. The van der Waals surface area contributed by atoms with E-state index in [4.69, 9.17) is 9.47 Å². The molecule has 4 heterocycles. The summed E-state index contributed by atoms with van der Waals surface area (Å²) in [6.07, 6.45) is 3.82. The zero-order chi connectivity index (χ0) is 35.1. The summed E-state index contributed by atoms with van der Waals surface area (Å²) in [5, 5.41) is 21.1. The van der Waals surface area contributed by atoms with E-state index in [9.17, 15) is 19.5 Å². The van der Waals surface area contributed by atoms with Gasteiger partial charge in [-0.1, -0.05) is 51.0 Å². The van der Waals surface area contributed by atoms with Crippen LogP contribution in [0.2, 0.25) is 0 Å². The molecule has 0 unspecified atom stereocenters. The van der Waals surface area contributed by atoms with Crippen LogP contribution in [0.5, 0.6) is 0 Å². The van der Waals surface area contributed by atoms with E-state index >= 15 is 0 Å². The van der Waals surface area contributed by atoms with Crippen molar-refractivity contribution >= 4 is 56.8 Å². The molecule has 0 radical (unpaired) electrons. The Morgan fingerprint density at radius 1 is 1.27 bits per heavy atom. The van der Waals surface area contributed by atoms with Gasteiger partial charge in [-0.2, -0.15) is 0 Å². The number of nitrogens with zero attached hydrogens (tertiary/aromatic N) is 2. The molecule has 0 aliphatic carbocycles. The molecule has 4 rings (SSSR count). The van der Waals surface area contributed by atoms with Gasteiger partial charge in [0, 0.05) is 30.3 Å². The Kier molecular flexibility index (Phi) is 13.6. The molecule has 264 valence electrons. The summed E-state index contributed by atoms with van der Waals surface area (Å²) in [4.78, 5) is 49.2. The number of thiazole rings is 1. The zero-order valence-electron chi connectivity index (χ0n) is 29.0. The van der Waals surface area contributed by atoms with E-state index in [2.05, 4.69) is 27.5 Å². The van der Waals surface area contributed by atoms with Gasteiger partial charge in [-0.25, -0.2) is 14.8 Å². The van der Waals surface area contributed by atoms with Crippen molar-refractivity contribution in [3.63, 3.8) is 0 Å². The Morgan fingerprint density at radius 3 is 2.73 bits per heavy atom. The fourth-order valence-corrected chi connectivity index (χ4v) is 8.61. The third-order valence-corrected chi connectivity index (χ3v) is 12.6. The summed E-state index contributed by atoms with van der Waals surface area (Å²) in [5.74, 6) is -0.802. The number of hydrogen-bond donors (Lipinski definition) is 3. The summed E-state index contributed by atoms with van der Waals surface area (Å²) in [6, 6.07) is 5.41. The molecule has 7 atom stereocenters. The first-order valence-electron chi connectivity index (χ1n) is 16.6. The molecule has 2 aliphatic rings. The molecule has 10 nitrogen and oxygen atoms in total. The standard InChI is InChI=1S/C35H50N4O6S3/c1-21-11-10-13-35(7)28(45-35)18-26(22(2)17-25-20-46-24(4)38-25)39-29(41)19-27(40)34(5,6)32(42)23(3)31(21)44-33(43)37-15-16-47-48-30-12-8-9-14-36-30/h8-9,12,14,17,20-21,23,26-28,31,40H,10-11,13,15-16,18-19H2,1-7H3,(H,37,43)(H,39,41)/b22-17+/t21-,23+,26-,27-,28-,31-,35+/m0/s1. The fraction of sp³-hybridized carbons (Fsp3) is 0.629. The third-order valence-electron chi connectivity index (χ3n) is 9.51. The van der Waals surface area contributed by atoms with Crippen molar-refractivity contribution in [2.45, 2.75) is 116 Å². The van der Waals surface area contributed by atoms with Crippen LogP contribution in [0.15, 0.2) is 40.4 Å². The van der Waals surface area contributed by atoms with Crippen molar-refractivity contribution in [1.82, 2.24) is 20.6 Å². The van der Waals surface area contributed by atoms with Crippen LogP contribution >= 0.6 is 32.9 Å². The molecular weight excluding hydrogens is 669 g/mol. The second-order valence-electron chi connectivity index (χ2n) is 13.8. The van der Waals surface area contributed by atoms with Crippen molar-refractivity contribution in [3.8, 4) is 0 Å². The van der Waals surface area contributed by atoms with Gasteiger partial charge in [0.15, 0.2) is 0 Å². The zero-order valence-corrected chi connectivity index (χ0v) is 31.4. The lowest BCUT2D eigenvalue weighted by atomic mass is 9.72. The number of aliphatic hydroxyl groups excluding tert-OH is 1. The first-order chi connectivity index (χ1) is 22.7. The summed E-state index contributed by atoms with van der Waals surface area (Å²) in [7, 11) is 3.11. The highest BCUT2D eigenvalue weighted by Crippen LogP contribution is 2.44. The molecule has 0 saturated carbocycles. The number of ketones is 1. The van der Waals surface area contributed by atoms with Gasteiger partial charge >= 0.3 is 6.09 Å². The second kappa shape index (κ2) is 17.0. The van der Waals surface area contributed by atoms with E-state index in [1.165, 1.54) is 10.8 Å². The maximum absolute atomic E-state index is 14.0. The van der Waals surface area contributed by atoms with E-state index in [-0.39, 0.29) is 41.8 Å². The number of rotatable bonds is 8. The average Bonchev–Trinajstić information content (AvgIpc) is 3.48. The largest absolute Gasteiger partial charge is 0.445 e. The van der Waals surface area contributed by atoms with Crippen LogP contribution in [0, 0.1) is 24.2 Å². The number of fused-ring (bicyclic) bond motifs is 1. The first-order valence-corrected chi connectivity index (χ1v) is 19.8. The van der Waals surface area contributed by atoms with Crippen molar-refractivity contribution in [2.75, 3.05) is 12.3 Å². The number of aliphatic hydroxyl groups is 1. The maximum atomic E-state index is 14.0. The topological polar surface area (TPSA) is 143 Å². The number of Topliss-reactive ketones (excluding diaryl/α,β-unsaturated/α-hetero) is 1. The molecule has 48 heavy (non-hydrogen) atoms. The van der Waals surface area contributed by atoms with Gasteiger partial charge in [0.1, 0.15) is 16.9 Å². The van der Waals surface area contributed by atoms with Crippen molar-refractivity contribution in [3.05, 3.63) is 46.1 Å². The van der Waals surface area contributed by atoms with E-state index in [0.29, 0.717) is 18.7 Å². The fourth-order valence-electron chi connectivity index (χ4n) is 6.25.